The zero-order chi connectivity index (χ0) is 14.4. The van der Waals surface area contributed by atoms with E-state index in [0.29, 0.717) is 5.92 Å². The molecule has 2 N–H and O–H groups in total. The Morgan fingerprint density at radius 1 is 1.26 bits per heavy atom. The highest BCUT2D eigenvalue weighted by molar-refractivity contribution is 6.33. The minimum Gasteiger partial charge on any atom is -0.370 e. The Hall–Kier alpha value is -0.730. The molecular formula is C16H27ClN2. The highest BCUT2D eigenvalue weighted by Gasteiger charge is 2.16. The van der Waals surface area contributed by atoms with Crippen LogP contribution >= 0.6 is 11.6 Å². The first-order valence-corrected chi connectivity index (χ1v) is 7.65. The molecule has 0 saturated carbocycles. The van der Waals surface area contributed by atoms with Crippen molar-refractivity contribution >= 4 is 17.3 Å². The van der Waals surface area contributed by atoms with E-state index in [9.17, 15) is 0 Å². The fourth-order valence-electron chi connectivity index (χ4n) is 2.31. The number of nitrogens with zero attached hydrogens (tertiary/aromatic N) is 1. The number of benzene rings is 1. The van der Waals surface area contributed by atoms with E-state index in [1.807, 2.05) is 19.1 Å². The SMILES string of the molecule is CCC(C)CN(CC)c1c(Cl)cccc1CC(C)N. The van der Waals surface area contributed by atoms with Gasteiger partial charge < -0.3 is 10.6 Å². The Morgan fingerprint density at radius 3 is 2.47 bits per heavy atom. The van der Waals surface area contributed by atoms with Crippen LogP contribution in [0.3, 0.4) is 0 Å². The molecule has 1 aromatic carbocycles. The fraction of sp³-hybridized carbons (Fsp3) is 0.625. The van der Waals surface area contributed by atoms with Gasteiger partial charge in [0.25, 0.3) is 0 Å². The van der Waals surface area contributed by atoms with Gasteiger partial charge in [-0.25, -0.2) is 0 Å². The van der Waals surface area contributed by atoms with Gasteiger partial charge in [0.15, 0.2) is 0 Å². The number of anilines is 1. The molecule has 0 aliphatic heterocycles. The molecule has 1 aromatic rings. The van der Waals surface area contributed by atoms with Crippen LogP contribution < -0.4 is 10.6 Å². The molecule has 0 heterocycles. The normalized spacial score (nSPS) is 14.2. The van der Waals surface area contributed by atoms with Gasteiger partial charge in [0.05, 0.1) is 10.7 Å². The van der Waals surface area contributed by atoms with Crippen molar-refractivity contribution in [2.24, 2.45) is 11.7 Å². The quantitative estimate of drug-likeness (QED) is 0.816. The molecule has 0 aliphatic rings. The molecule has 0 aromatic heterocycles. The van der Waals surface area contributed by atoms with Crippen LogP contribution in [0.2, 0.25) is 5.02 Å². The maximum absolute atomic E-state index is 6.43. The number of hydrogen-bond donors (Lipinski definition) is 1. The first-order chi connectivity index (χ1) is 8.99. The van der Waals surface area contributed by atoms with E-state index in [1.165, 1.54) is 17.7 Å². The van der Waals surface area contributed by atoms with Gasteiger partial charge in [0.1, 0.15) is 0 Å². The van der Waals surface area contributed by atoms with Crippen molar-refractivity contribution in [2.45, 2.75) is 46.6 Å². The molecular weight excluding hydrogens is 256 g/mol. The lowest BCUT2D eigenvalue weighted by molar-refractivity contribution is 0.547. The van der Waals surface area contributed by atoms with Crippen LogP contribution in [0.15, 0.2) is 18.2 Å². The standard InChI is InChI=1S/C16H27ClN2/c1-5-12(3)11-19(6-2)16-14(10-13(4)18)8-7-9-15(16)17/h7-9,12-13H,5-6,10-11,18H2,1-4H3. The van der Waals surface area contributed by atoms with Crippen LogP contribution in [0.4, 0.5) is 5.69 Å². The third kappa shape index (κ3) is 4.70. The van der Waals surface area contributed by atoms with Gasteiger partial charge in [-0.05, 0) is 37.8 Å². The molecule has 0 saturated heterocycles. The van der Waals surface area contributed by atoms with E-state index in [0.717, 1.165) is 24.5 Å². The van der Waals surface area contributed by atoms with E-state index in [4.69, 9.17) is 17.3 Å². The van der Waals surface area contributed by atoms with Crippen LogP contribution in [0.1, 0.15) is 39.7 Å². The first kappa shape index (κ1) is 16.3. The number of halogens is 1. The smallest absolute Gasteiger partial charge is 0.0642 e. The van der Waals surface area contributed by atoms with Crippen LogP contribution in [-0.4, -0.2) is 19.1 Å². The number of nitrogens with two attached hydrogens (primary N) is 1. The van der Waals surface area contributed by atoms with E-state index in [1.54, 1.807) is 0 Å². The summed E-state index contributed by atoms with van der Waals surface area (Å²) in [6.07, 6.45) is 2.05. The molecule has 0 bridgehead atoms. The highest BCUT2D eigenvalue weighted by atomic mass is 35.5. The lowest BCUT2D eigenvalue weighted by Gasteiger charge is -2.29. The van der Waals surface area contributed by atoms with Gasteiger partial charge in [-0.15, -0.1) is 0 Å². The largest absolute Gasteiger partial charge is 0.370 e. The summed E-state index contributed by atoms with van der Waals surface area (Å²) >= 11 is 6.43. The van der Waals surface area contributed by atoms with E-state index < -0.39 is 0 Å². The van der Waals surface area contributed by atoms with Gasteiger partial charge in [-0.2, -0.15) is 0 Å². The minimum absolute atomic E-state index is 0.152. The number of para-hydroxylation sites is 1. The summed E-state index contributed by atoms with van der Waals surface area (Å²) in [5.41, 5.74) is 8.38. The van der Waals surface area contributed by atoms with Crippen LogP contribution in [0.25, 0.3) is 0 Å². The van der Waals surface area contributed by atoms with Gasteiger partial charge >= 0.3 is 0 Å². The van der Waals surface area contributed by atoms with Gasteiger partial charge in [0, 0.05) is 19.1 Å². The summed E-state index contributed by atoms with van der Waals surface area (Å²) < 4.78 is 0. The molecule has 1 rings (SSSR count). The molecule has 2 atom stereocenters. The lowest BCUT2D eigenvalue weighted by atomic mass is 10.0. The third-order valence-corrected chi connectivity index (χ3v) is 3.84. The highest BCUT2D eigenvalue weighted by Crippen LogP contribution is 2.31. The zero-order valence-electron chi connectivity index (χ0n) is 12.6. The molecule has 0 fully saturated rings. The van der Waals surface area contributed by atoms with Crippen molar-refractivity contribution in [1.82, 2.24) is 0 Å². The van der Waals surface area contributed by atoms with Crippen LogP contribution in [-0.2, 0) is 6.42 Å². The fourth-order valence-corrected chi connectivity index (χ4v) is 2.62. The minimum atomic E-state index is 0.152. The van der Waals surface area contributed by atoms with Crippen molar-refractivity contribution in [3.8, 4) is 0 Å². The summed E-state index contributed by atoms with van der Waals surface area (Å²) in [5.74, 6) is 0.666. The van der Waals surface area contributed by atoms with Crippen molar-refractivity contribution in [2.75, 3.05) is 18.0 Å². The van der Waals surface area contributed by atoms with Crippen molar-refractivity contribution in [1.29, 1.82) is 0 Å². The molecule has 2 unspecified atom stereocenters. The van der Waals surface area contributed by atoms with Crippen LogP contribution in [0, 0.1) is 5.92 Å². The van der Waals surface area contributed by atoms with E-state index in [-0.39, 0.29) is 6.04 Å². The average Bonchev–Trinajstić information content (AvgIpc) is 2.36. The maximum Gasteiger partial charge on any atom is 0.0642 e. The summed E-state index contributed by atoms with van der Waals surface area (Å²) in [6.45, 7) is 10.7. The molecule has 2 nitrogen and oxygen atoms in total. The maximum atomic E-state index is 6.43. The monoisotopic (exact) mass is 282 g/mol. The lowest BCUT2D eigenvalue weighted by Crippen LogP contribution is -2.30. The Kier molecular flexibility index (Phi) is 6.67. The second kappa shape index (κ2) is 7.76. The van der Waals surface area contributed by atoms with Gasteiger partial charge in [-0.3, -0.25) is 0 Å². The summed E-state index contributed by atoms with van der Waals surface area (Å²) in [7, 11) is 0. The molecule has 108 valence electrons. The summed E-state index contributed by atoms with van der Waals surface area (Å²) in [6, 6.07) is 6.28. The van der Waals surface area contributed by atoms with Crippen molar-refractivity contribution in [3.05, 3.63) is 28.8 Å². The van der Waals surface area contributed by atoms with E-state index >= 15 is 0 Å². The second-order valence-electron chi connectivity index (χ2n) is 5.48. The Morgan fingerprint density at radius 2 is 1.95 bits per heavy atom. The average molecular weight is 283 g/mol. The van der Waals surface area contributed by atoms with Gasteiger partial charge in [0.2, 0.25) is 0 Å². The van der Waals surface area contributed by atoms with Gasteiger partial charge in [-0.1, -0.05) is 44.0 Å². The Labute approximate surface area is 122 Å². The van der Waals surface area contributed by atoms with E-state index in [2.05, 4.69) is 31.7 Å². The summed E-state index contributed by atoms with van der Waals surface area (Å²) in [4.78, 5) is 2.38. The van der Waals surface area contributed by atoms with Crippen molar-refractivity contribution in [3.63, 3.8) is 0 Å². The molecule has 0 spiro atoms. The number of rotatable bonds is 7. The molecule has 0 radical (unpaired) electrons. The number of hydrogen-bond acceptors (Lipinski definition) is 2. The second-order valence-corrected chi connectivity index (χ2v) is 5.89. The summed E-state index contributed by atoms with van der Waals surface area (Å²) in [5, 5.41) is 0.836. The third-order valence-electron chi connectivity index (χ3n) is 3.54. The molecule has 0 amide bonds. The predicted molar refractivity (Wildman–Crippen MR) is 86.1 cm³/mol. The topological polar surface area (TPSA) is 29.3 Å². The molecule has 3 heteroatoms. The predicted octanol–water partition coefficient (Wildman–Crippen LogP) is 4.10. The first-order valence-electron chi connectivity index (χ1n) is 7.27. The Balaban J connectivity index is 3.06. The van der Waals surface area contributed by atoms with Crippen LogP contribution in [0.5, 0.6) is 0 Å². The Bertz CT molecular complexity index is 390. The zero-order valence-corrected chi connectivity index (χ0v) is 13.4. The molecule has 0 aliphatic carbocycles. The molecule has 19 heavy (non-hydrogen) atoms. The van der Waals surface area contributed by atoms with Crippen molar-refractivity contribution < 1.29 is 0 Å².